The van der Waals surface area contributed by atoms with Crippen LogP contribution in [0.3, 0.4) is 0 Å². The van der Waals surface area contributed by atoms with Gasteiger partial charge in [0.2, 0.25) is 0 Å². The lowest BCUT2D eigenvalue weighted by atomic mass is 10.0. The van der Waals surface area contributed by atoms with Crippen molar-refractivity contribution in [3.05, 3.63) is 39.9 Å². The highest BCUT2D eigenvalue weighted by atomic mass is 16.6. The molecule has 1 rings (SSSR count). The van der Waals surface area contributed by atoms with Crippen LogP contribution in [0.4, 0.5) is 5.69 Å². The zero-order chi connectivity index (χ0) is 17.6. The van der Waals surface area contributed by atoms with E-state index in [1.807, 2.05) is 13.8 Å². The number of nitro groups is 1. The van der Waals surface area contributed by atoms with E-state index in [0.717, 1.165) is 0 Å². The maximum atomic E-state index is 11.4. The maximum absolute atomic E-state index is 11.4. The Balaban J connectivity index is 2.83. The first kappa shape index (κ1) is 18.6. The van der Waals surface area contributed by atoms with Gasteiger partial charge in [0.05, 0.1) is 4.92 Å². The second-order valence-corrected chi connectivity index (χ2v) is 5.71. The molecule has 0 aliphatic rings. The maximum Gasteiger partial charge on any atom is 0.321 e. The molecule has 0 spiro atoms. The Hall–Kier alpha value is -2.48. The van der Waals surface area contributed by atoms with Crippen molar-refractivity contribution in [1.82, 2.24) is 5.32 Å². The highest BCUT2D eigenvalue weighted by molar-refractivity contribution is 5.77. The molecular formula is C15H20N2O6. The van der Waals surface area contributed by atoms with Crippen LogP contribution < -0.4 is 5.32 Å². The minimum atomic E-state index is -1.17. The molecule has 0 bridgehead atoms. The van der Waals surface area contributed by atoms with Gasteiger partial charge in [-0.3, -0.25) is 25.0 Å². The quantitative estimate of drug-likeness (QED) is 0.465. The topological polar surface area (TPSA) is 130 Å². The Morgan fingerprint density at radius 1 is 1.13 bits per heavy atom. The van der Waals surface area contributed by atoms with E-state index >= 15 is 0 Å². The number of hydrogen-bond acceptors (Lipinski definition) is 5. The van der Waals surface area contributed by atoms with Crippen LogP contribution >= 0.6 is 0 Å². The van der Waals surface area contributed by atoms with Crippen molar-refractivity contribution in [2.45, 2.75) is 38.8 Å². The fourth-order valence-corrected chi connectivity index (χ4v) is 2.16. The zero-order valence-electron chi connectivity index (χ0n) is 12.9. The van der Waals surface area contributed by atoms with Crippen LogP contribution in [0.5, 0.6) is 0 Å². The van der Waals surface area contributed by atoms with Crippen LogP contribution in [0.1, 0.15) is 25.8 Å². The minimum absolute atomic E-state index is 0.0369. The first-order valence-corrected chi connectivity index (χ1v) is 7.15. The van der Waals surface area contributed by atoms with Gasteiger partial charge in [-0.25, -0.2) is 0 Å². The Kier molecular flexibility index (Phi) is 6.65. The number of benzene rings is 1. The van der Waals surface area contributed by atoms with Crippen molar-refractivity contribution >= 4 is 17.6 Å². The van der Waals surface area contributed by atoms with E-state index in [9.17, 15) is 29.9 Å². The predicted molar refractivity (Wildman–Crippen MR) is 82.2 cm³/mol. The Labute approximate surface area is 133 Å². The van der Waals surface area contributed by atoms with Crippen molar-refractivity contribution in [1.29, 1.82) is 0 Å². The molecular weight excluding hydrogens is 304 g/mol. The lowest BCUT2D eigenvalue weighted by Gasteiger charge is -2.21. The van der Waals surface area contributed by atoms with Gasteiger partial charge in [0.1, 0.15) is 12.1 Å². The summed E-state index contributed by atoms with van der Waals surface area (Å²) in [6.07, 6.45) is 0.342. The Morgan fingerprint density at radius 2 is 1.65 bits per heavy atom. The highest BCUT2D eigenvalue weighted by Crippen LogP contribution is 2.14. The Morgan fingerprint density at radius 3 is 2.04 bits per heavy atom. The van der Waals surface area contributed by atoms with Crippen molar-refractivity contribution in [3.63, 3.8) is 0 Å². The molecule has 0 saturated carbocycles. The molecule has 0 aliphatic carbocycles. The standard InChI is InChI=1S/C15H20N2O6/c1-9(2)7-12(14(18)19)16-13(15(20)21)8-10-3-5-11(6-4-10)17(22)23/h3-6,9,12-13,16H,7-8H2,1-2H3,(H,18,19)(H,20,21). The molecule has 8 nitrogen and oxygen atoms in total. The van der Waals surface area contributed by atoms with E-state index in [4.69, 9.17) is 0 Å². The normalized spacial score (nSPS) is 13.5. The summed E-state index contributed by atoms with van der Waals surface area (Å²) < 4.78 is 0. The molecule has 0 amide bonds. The predicted octanol–water partition coefficient (Wildman–Crippen LogP) is 1.68. The fraction of sp³-hybridized carbons (Fsp3) is 0.467. The molecule has 0 radical (unpaired) electrons. The molecule has 126 valence electrons. The third-order valence-electron chi connectivity index (χ3n) is 3.29. The summed E-state index contributed by atoms with van der Waals surface area (Å²) in [6, 6.07) is 3.46. The van der Waals surface area contributed by atoms with Gasteiger partial charge in [-0.15, -0.1) is 0 Å². The molecule has 0 aliphatic heterocycles. The number of hydrogen-bond donors (Lipinski definition) is 3. The Bertz CT molecular complexity index is 570. The molecule has 0 heterocycles. The summed E-state index contributed by atoms with van der Waals surface area (Å²) >= 11 is 0. The number of non-ortho nitro benzene ring substituents is 1. The van der Waals surface area contributed by atoms with Gasteiger partial charge in [-0.1, -0.05) is 26.0 Å². The molecule has 0 fully saturated rings. The van der Waals surface area contributed by atoms with Crippen molar-refractivity contribution in [2.24, 2.45) is 5.92 Å². The van der Waals surface area contributed by atoms with Crippen LogP contribution in [0.2, 0.25) is 0 Å². The lowest BCUT2D eigenvalue weighted by Crippen LogP contribution is -2.48. The molecule has 23 heavy (non-hydrogen) atoms. The largest absolute Gasteiger partial charge is 0.480 e. The van der Waals surface area contributed by atoms with E-state index in [1.165, 1.54) is 24.3 Å². The van der Waals surface area contributed by atoms with Crippen LogP contribution in [0, 0.1) is 16.0 Å². The van der Waals surface area contributed by atoms with E-state index in [1.54, 1.807) is 0 Å². The number of nitro benzene ring substituents is 1. The first-order valence-electron chi connectivity index (χ1n) is 7.15. The average Bonchev–Trinajstić information content (AvgIpc) is 2.45. The van der Waals surface area contributed by atoms with E-state index in [-0.39, 0.29) is 18.0 Å². The number of nitrogens with zero attached hydrogens (tertiary/aromatic N) is 1. The van der Waals surface area contributed by atoms with Crippen LogP contribution in [0.15, 0.2) is 24.3 Å². The monoisotopic (exact) mass is 324 g/mol. The number of rotatable bonds is 9. The van der Waals surface area contributed by atoms with Gasteiger partial charge in [0.25, 0.3) is 5.69 Å². The minimum Gasteiger partial charge on any atom is -0.480 e. The third kappa shape index (κ3) is 6.03. The average molecular weight is 324 g/mol. The van der Waals surface area contributed by atoms with Gasteiger partial charge >= 0.3 is 11.9 Å². The fourth-order valence-electron chi connectivity index (χ4n) is 2.16. The second kappa shape index (κ2) is 8.23. The van der Waals surface area contributed by atoms with Crippen molar-refractivity contribution in [3.8, 4) is 0 Å². The van der Waals surface area contributed by atoms with Gasteiger partial charge in [-0.05, 0) is 24.3 Å². The second-order valence-electron chi connectivity index (χ2n) is 5.71. The molecule has 0 saturated heterocycles. The van der Waals surface area contributed by atoms with E-state index in [0.29, 0.717) is 12.0 Å². The summed E-state index contributed by atoms with van der Waals surface area (Å²) in [7, 11) is 0. The molecule has 2 unspecified atom stereocenters. The summed E-state index contributed by atoms with van der Waals surface area (Å²) in [5, 5.41) is 31.7. The molecule has 1 aromatic rings. The van der Waals surface area contributed by atoms with Crippen LogP contribution in [-0.2, 0) is 16.0 Å². The highest BCUT2D eigenvalue weighted by Gasteiger charge is 2.26. The van der Waals surface area contributed by atoms with Crippen LogP contribution in [-0.4, -0.2) is 39.2 Å². The molecule has 1 aromatic carbocycles. The summed E-state index contributed by atoms with van der Waals surface area (Å²) in [4.78, 5) is 32.7. The number of carbonyl (C=O) groups is 2. The van der Waals surface area contributed by atoms with Gasteiger partial charge < -0.3 is 10.2 Å². The number of carboxylic acid groups (broad SMARTS) is 2. The molecule has 8 heteroatoms. The summed E-state index contributed by atoms with van der Waals surface area (Å²) in [5.74, 6) is -2.18. The summed E-state index contributed by atoms with van der Waals surface area (Å²) in [5.41, 5.74) is 0.487. The molecule has 3 N–H and O–H groups in total. The zero-order valence-corrected chi connectivity index (χ0v) is 12.9. The number of aliphatic carboxylic acids is 2. The van der Waals surface area contributed by atoms with E-state index in [2.05, 4.69) is 5.32 Å². The first-order chi connectivity index (χ1) is 10.7. The molecule has 0 aromatic heterocycles. The van der Waals surface area contributed by atoms with Crippen molar-refractivity contribution in [2.75, 3.05) is 0 Å². The summed E-state index contributed by atoms with van der Waals surface area (Å²) in [6.45, 7) is 3.70. The van der Waals surface area contributed by atoms with Gasteiger partial charge in [0, 0.05) is 12.1 Å². The number of nitrogens with one attached hydrogen (secondary N) is 1. The van der Waals surface area contributed by atoms with Crippen LogP contribution in [0.25, 0.3) is 0 Å². The van der Waals surface area contributed by atoms with Crippen molar-refractivity contribution < 1.29 is 24.7 Å². The van der Waals surface area contributed by atoms with Gasteiger partial charge in [-0.2, -0.15) is 0 Å². The third-order valence-corrected chi connectivity index (χ3v) is 3.29. The smallest absolute Gasteiger partial charge is 0.321 e. The molecule has 2 atom stereocenters. The number of carboxylic acids is 2. The SMILES string of the molecule is CC(C)CC(NC(Cc1ccc([N+](=O)[O-])cc1)C(=O)O)C(=O)O. The van der Waals surface area contributed by atoms with Gasteiger partial charge in [0.15, 0.2) is 0 Å². The van der Waals surface area contributed by atoms with E-state index < -0.39 is 28.9 Å². The lowest BCUT2D eigenvalue weighted by molar-refractivity contribution is -0.384.